The highest BCUT2D eigenvalue weighted by atomic mass is 32.2. The maximum absolute atomic E-state index is 13.5. The van der Waals surface area contributed by atoms with Crippen molar-refractivity contribution in [1.82, 2.24) is 14.5 Å². The lowest BCUT2D eigenvalue weighted by Crippen LogP contribution is -2.37. The lowest BCUT2D eigenvalue weighted by atomic mass is 10.1. The average Bonchev–Trinajstić information content (AvgIpc) is 3.18. The fraction of sp³-hybridized carbons (Fsp3) is 0.136. The summed E-state index contributed by atoms with van der Waals surface area (Å²) in [4.78, 5) is 8.22. The first-order valence-corrected chi connectivity index (χ1v) is 11.0. The topological polar surface area (TPSA) is 101 Å². The maximum atomic E-state index is 13.5. The van der Waals surface area contributed by atoms with E-state index in [1.165, 1.54) is 4.31 Å². The van der Waals surface area contributed by atoms with Crippen LogP contribution in [0.3, 0.4) is 0 Å². The minimum absolute atomic E-state index is 0.0746. The van der Waals surface area contributed by atoms with Gasteiger partial charge in [-0.25, -0.2) is 18.4 Å². The number of aryl methyl sites for hydroxylation is 1. The molecule has 1 aliphatic rings. The first kappa shape index (κ1) is 19.1. The summed E-state index contributed by atoms with van der Waals surface area (Å²) in [6, 6.07) is 14.2. The molecule has 2 aromatic heterocycles. The largest absolute Gasteiger partial charge is 0.489 e. The van der Waals surface area contributed by atoms with Gasteiger partial charge < -0.3 is 9.30 Å². The summed E-state index contributed by atoms with van der Waals surface area (Å²) >= 11 is 0. The number of nitriles is 1. The Hall–Kier alpha value is -3.90. The first-order chi connectivity index (χ1) is 15.0. The van der Waals surface area contributed by atoms with Crippen LogP contribution in [0, 0.1) is 11.3 Å². The molecular weight excluding hydrogens is 414 g/mol. The second-order valence-electron chi connectivity index (χ2n) is 7.16. The number of benzene rings is 2. The van der Waals surface area contributed by atoms with Crippen LogP contribution in [0.2, 0.25) is 0 Å². The summed E-state index contributed by atoms with van der Waals surface area (Å²) in [5.41, 5.74) is 2.83. The van der Waals surface area contributed by atoms with Crippen molar-refractivity contribution in [2.45, 2.75) is 4.90 Å². The zero-order chi connectivity index (χ0) is 21.6. The summed E-state index contributed by atoms with van der Waals surface area (Å²) in [5.74, 6) is 0.569. The van der Waals surface area contributed by atoms with Crippen LogP contribution in [0.15, 0.2) is 66.0 Å². The van der Waals surface area contributed by atoms with Gasteiger partial charge in [0.2, 0.25) is 5.82 Å². The molecule has 0 fully saturated rings. The van der Waals surface area contributed by atoms with Gasteiger partial charge in [-0.2, -0.15) is 5.26 Å². The van der Waals surface area contributed by atoms with Gasteiger partial charge in [-0.05, 0) is 42.0 Å². The number of anilines is 1. The summed E-state index contributed by atoms with van der Waals surface area (Å²) in [5, 5.41) is 9.75. The monoisotopic (exact) mass is 431 g/mol. The third-order valence-corrected chi connectivity index (χ3v) is 7.12. The molecule has 0 aliphatic carbocycles. The van der Waals surface area contributed by atoms with E-state index in [0.29, 0.717) is 17.0 Å². The van der Waals surface area contributed by atoms with E-state index < -0.39 is 10.0 Å². The highest BCUT2D eigenvalue weighted by Gasteiger charge is 2.30. The van der Waals surface area contributed by atoms with Crippen molar-refractivity contribution >= 4 is 26.6 Å². The van der Waals surface area contributed by atoms with E-state index >= 15 is 0 Å². The van der Waals surface area contributed by atoms with E-state index in [1.807, 2.05) is 42.1 Å². The maximum Gasteiger partial charge on any atom is 0.264 e. The van der Waals surface area contributed by atoms with Crippen molar-refractivity contribution in [3.05, 3.63) is 66.9 Å². The quantitative estimate of drug-likeness (QED) is 0.494. The van der Waals surface area contributed by atoms with Gasteiger partial charge in [0.25, 0.3) is 10.0 Å². The zero-order valence-corrected chi connectivity index (χ0v) is 17.4. The summed E-state index contributed by atoms with van der Waals surface area (Å²) in [7, 11) is -1.88. The molecule has 0 N–H and O–H groups in total. The molecule has 0 radical (unpaired) electrons. The highest BCUT2D eigenvalue weighted by Crippen LogP contribution is 2.38. The van der Waals surface area contributed by atoms with Gasteiger partial charge >= 0.3 is 0 Å². The third kappa shape index (κ3) is 3.17. The lowest BCUT2D eigenvalue weighted by Gasteiger charge is -2.31. The van der Waals surface area contributed by atoms with Crippen LogP contribution in [-0.4, -0.2) is 36.1 Å². The normalized spacial score (nSPS) is 13.5. The number of fused-ring (bicyclic) bond motifs is 2. The number of sulfonamides is 1. The van der Waals surface area contributed by atoms with Crippen molar-refractivity contribution in [2.75, 3.05) is 17.5 Å². The molecule has 0 saturated heterocycles. The molecule has 5 rings (SSSR count). The predicted molar refractivity (Wildman–Crippen MR) is 115 cm³/mol. The highest BCUT2D eigenvalue weighted by molar-refractivity contribution is 7.92. The van der Waals surface area contributed by atoms with Crippen molar-refractivity contribution < 1.29 is 13.2 Å². The Morgan fingerprint density at radius 3 is 2.65 bits per heavy atom. The number of nitrogens with zero attached hydrogens (tertiary/aromatic N) is 5. The standard InChI is InChI=1S/C22H17N5O3S/c1-26-7-6-16-10-18(3-4-19(16)26)31(28,29)27-8-9-30-21-5-2-15(11-20(21)27)17-13-24-22(12-23)25-14-17/h2-7,10-11,13-14H,8-9H2,1H3. The van der Waals surface area contributed by atoms with Crippen molar-refractivity contribution in [1.29, 1.82) is 5.26 Å². The minimum atomic E-state index is -3.80. The fourth-order valence-corrected chi connectivity index (χ4v) is 5.19. The molecule has 0 unspecified atom stereocenters. The number of rotatable bonds is 3. The van der Waals surface area contributed by atoms with Gasteiger partial charge in [0.1, 0.15) is 18.4 Å². The van der Waals surface area contributed by atoms with Gasteiger partial charge in [-0.3, -0.25) is 4.31 Å². The van der Waals surface area contributed by atoms with E-state index in [9.17, 15) is 8.42 Å². The third-order valence-electron chi connectivity index (χ3n) is 5.31. The lowest BCUT2D eigenvalue weighted by molar-refractivity contribution is 0.316. The zero-order valence-electron chi connectivity index (χ0n) is 16.6. The molecule has 3 heterocycles. The summed E-state index contributed by atoms with van der Waals surface area (Å²) < 4.78 is 36.1. The van der Waals surface area contributed by atoms with Gasteiger partial charge in [-0.15, -0.1) is 0 Å². The molecule has 0 saturated carbocycles. The molecule has 0 bridgehead atoms. The fourth-order valence-electron chi connectivity index (χ4n) is 3.70. The van der Waals surface area contributed by atoms with Crippen LogP contribution in [-0.2, 0) is 17.1 Å². The van der Waals surface area contributed by atoms with Crippen LogP contribution in [0.5, 0.6) is 5.75 Å². The Morgan fingerprint density at radius 2 is 1.87 bits per heavy atom. The molecule has 154 valence electrons. The van der Waals surface area contributed by atoms with Crippen molar-refractivity contribution in [3.63, 3.8) is 0 Å². The van der Waals surface area contributed by atoms with Gasteiger partial charge in [0.05, 0.1) is 17.1 Å². The molecule has 4 aromatic rings. The summed E-state index contributed by atoms with van der Waals surface area (Å²) in [6.07, 6.45) is 4.98. The Kier molecular flexibility index (Phi) is 4.38. The molecular formula is C22H17N5O3S. The Morgan fingerprint density at radius 1 is 1.06 bits per heavy atom. The van der Waals surface area contributed by atoms with E-state index in [4.69, 9.17) is 10.00 Å². The van der Waals surface area contributed by atoms with E-state index in [2.05, 4.69) is 9.97 Å². The molecule has 8 nitrogen and oxygen atoms in total. The van der Waals surface area contributed by atoms with Crippen LogP contribution < -0.4 is 9.04 Å². The Bertz CT molecular complexity index is 1450. The van der Waals surface area contributed by atoms with Crippen LogP contribution in [0.4, 0.5) is 5.69 Å². The first-order valence-electron chi connectivity index (χ1n) is 9.54. The van der Waals surface area contributed by atoms with Gasteiger partial charge in [0.15, 0.2) is 0 Å². The molecule has 0 atom stereocenters. The van der Waals surface area contributed by atoms with Gasteiger partial charge in [0, 0.05) is 42.1 Å². The van der Waals surface area contributed by atoms with E-state index in [-0.39, 0.29) is 23.9 Å². The molecule has 9 heteroatoms. The number of ether oxygens (including phenoxy) is 1. The van der Waals surface area contributed by atoms with Crippen molar-refractivity contribution in [2.24, 2.45) is 7.05 Å². The van der Waals surface area contributed by atoms with Crippen LogP contribution in [0.25, 0.3) is 22.0 Å². The van der Waals surface area contributed by atoms with Gasteiger partial charge in [-0.1, -0.05) is 6.07 Å². The SMILES string of the molecule is Cn1ccc2cc(S(=O)(=O)N3CCOc4ccc(-c5cnc(C#N)nc5)cc43)ccc21. The predicted octanol–water partition coefficient (Wildman–Crippen LogP) is 3.09. The van der Waals surface area contributed by atoms with Crippen molar-refractivity contribution in [3.8, 4) is 22.9 Å². The van der Waals surface area contributed by atoms with E-state index in [0.717, 1.165) is 16.5 Å². The summed E-state index contributed by atoms with van der Waals surface area (Å²) in [6.45, 7) is 0.467. The minimum Gasteiger partial charge on any atom is -0.489 e. The smallest absolute Gasteiger partial charge is 0.264 e. The Labute approximate surface area is 179 Å². The molecule has 1 aliphatic heterocycles. The number of hydrogen-bond acceptors (Lipinski definition) is 6. The molecule has 31 heavy (non-hydrogen) atoms. The second-order valence-corrected chi connectivity index (χ2v) is 9.02. The average molecular weight is 431 g/mol. The number of aromatic nitrogens is 3. The Balaban J connectivity index is 1.58. The second kappa shape index (κ2) is 7.11. The van der Waals surface area contributed by atoms with Crippen LogP contribution in [0.1, 0.15) is 5.82 Å². The molecule has 0 amide bonds. The van der Waals surface area contributed by atoms with Crippen LogP contribution >= 0.6 is 0 Å². The van der Waals surface area contributed by atoms with E-state index in [1.54, 1.807) is 36.7 Å². The molecule has 0 spiro atoms. The number of hydrogen-bond donors (Lipinski definition) is 0. The molecule has 2 aromatic carbocycles.